The number of nitrogens with zero attached hydrogens (tertiary/aromatic N) is 1. The first kappa shape index (κ1) is 13.0. The normalized spacial score (nSPS) is 17.6. The van der Waals surface area contributed by atoms with Gasteiger partial charge in [-0.05, 0) is 24.3 Å². The van der Waals surface area contributed by atoms with Crippen LogP contribution in [0.2, 0.25) is 0 Å². The summed E-state index contributed by atoms with van der Waals surface area (Å²) in [7, 11) is -3.48. The molecule has 98 valence electrons. The number of hydrogen-bond acceptors (Lipinski definition) is 3. The summed E-state index contributed by atoms with van der Waals surface area (Å²) in [6.45, 7) is 2.49. The maximum Gasteiger partial charge on any atom is 0.335 e. The van der Waals surface area contributed by atoms with E-state index in [-0.39, 0.29) is 10.5 Å². The van der Waals surface area contributed by atoms with Crippen LogP contribution in [0.5, 0.6) is 0 Å². The van der Waals surface area contributed by atoms with Crippen LogP contribution in [0, 0.1) is 0 Å². The molecule has 7 heteroatoms. The number of carboxylic acid groups (broad SMARTS) is 1. The van der Waals surface area contributed by atoms with Crippen LogP contribution in [-0.2, 0) is 10.0 Å². The zero-order valence-corrected chi connectivity index (χ0v) is 10.6. The van der Waals surface area contributed by atoms with Crippen molar-refractivity contribution < 1.29 is 23.6 Å². The number of carboxylic acids is 1. The van der Waals surface area contributed by atoms with Crippen molar-refractivity contribution in [3.8, 4) is 0 Å². The lowest BCUT2D eigenvalue weighted by molar-refractivity contribution is -0.661. The fourth-order valence-corrected chi connectivity index (χ4v) is 3.36. The molecule has 0 aliphatic carbocycles. The Morgan fingerprint density at radius 3 is 2.22 bits per heavy atom. The average molecular weight is 271 g/mol. The molecule has 1 fully saturated rings. The van der Waals surface area contributed by atoms with Gasteiger partial charge in [-0.2, -0.15) is 4.31 Å². The van der Waals surface area contributed by atoms with Crippen LogP contribution in [-0.4, -0.2) is 50.0 Å². The van der Waals surface area contributed by atoms with Crippen LogP contribution in [0.3, 0.4) is 0 Å². The number of quaternary nitrogens is 1. The maximum atomic E-state index is 12.2. The molecular weight excluding hydrogens is 256 g/mol. The van der Waals surface area contributed by atoms with Crippen molar-refractivity contribution in [3.63, 3.8) is 0 Å². The van der Waals surface area contributed by atoms with Crippen LogP contribution in [0.4, 0.5) is 0 Å². The number of benzene rings is 1. The molecule has 3 N–H and O–H groups in total. The maximum absolute atomic E-state index is 12.2. The van der Waals surface area contributed by atoms with Gasteiger partial charge in [-0.15, -0.1) is 0 Å². The van der Waals surface area contributed by atoms with Crippen LogP contribution in [0.25, 0.3) is 0 Å². The summed E-state index contributed by atoms with van der Waals surface area (Å²) >= 11 is 0. The summed E-state index contributed by atoms with van der Waals surface area (Å²) in [6, 6.07) is 5.31. The lowest BCUT2D eigenvalue weighted by atomic mass is 10.2. The molecule has 1 aromatic carbocycles. The van der Waals surface area contributed by atoms with Crippen molar-refractivity contribution in [2.75, 3.05) is 26.2 Å². The first-order valence-corrected chi connectivity index (χ1v) is 7.11. The SMILES string of the molecule is O=C(O)c1ccc(S(=O)(=O)N2CC[NH2+]CC2)cc1. The Labute approximate surface area is 105 Å². The van der Waals surface area contributed by atoms with Gasteiger partial charge in [0.05, 0.1) is 36.6 Å². The third kappa shape index (κ3) is 2.53. The molecule has 1 aliphatic rings. The van der Waals surface area contributed by atoms with E-state index in [1.165, 1.54) is 28.6 Å². The van der Waals surface area contributed by atoms with E-state index < -0.39 is 16.0 Å². The number of carbonyl (C=O) groups is 1. The van der Waals surface area contributed by atoms with Crippen molar-refractivity contribution in [2.45, 2.75) is 4.90 Å². The summed E-state index contributed by atoms with van der Waals surface area (Å²) in [5.41, 5.74) is 0.0842. The third-order valence-corrected chi connectivity index (χ3v) is 4.82. The number of aromatic carboxylic acids is 1. The van der Waals surface area contributed by atoms with Gasteiger partial charge < -0.3 is 10.4 Å². The van der Waals surface area contributed by atoms with Gasteiger partial charge in [0, 0.05) is 0 Å². The van der Waals surface area contributed by atoms with Gasteiger partial charge in [0.2, 0.25) is 10.0 Å². The van der Waals surface area contributed by atoms with Crippen LogP contribution < -0.4 is 5.32 Å². The van der Waals surface area contributed by atoms with Gasteiger partial charge in [0.25, 0.3) is 0 Å². The van der Waals surface area contributed by atoms with E-state index in [0.717, 1.165) is 13.1 Å². The smallest absolute Gasteiger partial charge is 0.335 e. The molecule has 0 saturated carbocycles. The lowest BCUT2D eigenvalue weighted by Crippen LogP contribution is -2.89. The lowest BCUT2D eigenvalue weighted by Gasteiger charge is -2.24. The van der Waals surface area contributed by atoms with Crippen molar-refractivity contribution >= 4 is 16.0 Å². The molecule has 1 aromatic rings. The summed E-state index contributed by atoms with van der Waals surface area (Å²) in [5, 5.41) is 10.8. The Kier molecular flexibility index (Phi) is 3.65. The van der Waals surface area contributed by atoms with Crippen molar-refractivity contribution in [2.24, 2.45) is 0 Å². The Morgan fingerprint density at radius 2 is 1.72 bits per heavy atom. The largest absolute Gasteiger partial charge is 0.478 e. The molecule has 0 radical (unpaired) electrons. The molecule has 0 aromatic heterocycles. The second-order valence-corrected chi connectivity index (χ2v) is 6.04. The Balaban J connectivity index is 2.26. The summed E-state index contributed by atoms with van der Waals surface area (Å²) in [5.74, 6) is -1.06. The van der Waals surface area contributed by atoms with E-state index in [4.69, 9.17) is 5.11 Å². The molecule has 2 rings (SSSR count). The highest BCUT2D eigenvalue weighted by Gasteiger charge is 2.27. The zero-order valence-electron chi connectivity index (χ0n) is 9.74. The van der Waals surface area contributed by atoms with Gasteiger partial charge in [0.1, 0.15) is 0 Å². The van der Waals surface area contributed by atoms with Gasteiger partial charge >= 0.3 is 5.97 Å². The number of nitrogens with two attached hydrogens (primary N) is 1. The van der Waals surface area contributed by atoms with Gasteiger partial charge in [0.15, 0.2) is 0 Å². The van der Waals surface area contributed by atoms with E-state index in [2.05, 4.69) is 5.32 Å². The molecule has 1 saturated heterocycles. The summed E-state index contributed by atoms with van der Waals surface area (Å²) in [6.07, 6.45) is 0. The highest BCUT2D eigenvalue weighted by molar-refractivity contribution is 7.89. The fourth-order valence-electron chi connectivity index (χ4n) is 1.89. The Morgan fingerprint density at radius 1 is 1.17 bits per heavy atom. The van der Waals surface area contributed by atoms with E-state index in [1.54, 1.807) is 0 Å². The molecule has 0 spiro atoms. The van der Waals surface area contributed by atoms with Crippen LogP contribution in [0.1, 0.15) is 10.4 Å². The Bertz CT molecular complexity index is 533. The van der Waals surface area contributed by atoms with Gasteiger partial charge in [-0.3, -0.25) is 0 Å². The highest BCUT2D eigenvalue weighted by atomic mass is 32.2. The Hall–Kier alpha value is -1.44. The monoisotopic (exact) mass is 271 g/mol. The topological polar surface area (TPSA) is 91.3 Å². The van der Waals surface area contributed by atoms with E-state index in [1.807, 2.05) is 0 Å². The second-order valence-electron chi connectivity index (χ2n) is 4.10. The first-order valence-electron chi connectivity index (χ1n) is 5.67. The predicted molar refractivity (Wildman–Crippen MR) is 63.8 cm³/mol. The number of rotatable bonds is 3. The standard InChI is InChI=1S/C11H14N2O4S/c14-11(15)9-1-3-10(4-2-9)18(16,17)13-7-5-12-6-8-13/h1-4,12H,5-8H2,(H,14,15)/p+1. The molecule has 0 bridgehead atoms. The molecule has 18 heavy (non-hydrogen) atoms. The molecule has 0 atom stereocenters. The van der Waals surface area contributed by atoms with Crippen molar-refractivity contribution in [1.29, 1.82) is 0 Å². The van der Waals surface area contributed by atoms with E-state index in [9.17, 15) is 13.2 Å². The molecule has 0 amide bonds. The van der Waals surface area contributed by atoms with Crippen LogP contribution in [0.15, 0.2) is 29.2 Å². The number of hydrogen-bond donors (Lipinski definition) is 2. The minimum absolute atomic E-state index is 0.0842. The predicted octanol–water partition coefficient (Wildman–Crippen LogP) is -1.05. The zero-order chi connectivity index (χ0) is 13.2. The highest BCUT2D eigenvalue weighted by Crippen LogP contribution is 2.16. The van der Waals surface area contributed by atoms with Crippen molar-refractivity contribution in [3.05, 3.63) is 29.8 Å². The first-order chi connectivity index (χ1) is 8.51. The molecule has 1 aliphatic heterocycles. The van der Waals surface area contributed by atoms with Crippen LogP contribution >= 0.6 is 0 Å². The molecule has 0 unspecified atom stereocenters. The number of sulfonamides is 1. The summed E-state index contributed by atoms with van der Waals surface area (Å²) < 4.78 is 25.9. The molecule has 6 nitrogen and oxygen atoms in total. The fraction of sp³-hybridized carbons (Fsp3) is 0.364. The van der Waals surface area contributed by atoms with E-state index >= 15 is 0 Å². The third-order valence-electron chi connectivity index (χ3n) is 2.90. The van der Waals surface area contributed by atoms with E-state index in [0.29, 0.717) is 13.1 Å². The minimum Gasteiger partial charge on any atom is -0.478 e. The molecular formula is C11H15N2O4S+. The minimum atomic E-state index is -3.48. The molecule has 1 heterocycles. The van der Waals surface area contributed by atoms with Gasteiger partial charge in [-0.25, -0.2) is 13.2 Å². The summed E-state index contributed by atoms with van der Waals surface area (Å²) in [4.78, 5) is 10.8. The van der Waals surface area contributed by atoms with Gasteiger partial charge in [-0.1, -0.05) is 0 Å². The van der Waals surface area contributed by atoms with Crippen molar-refractivity contribution in [1.82, 2.24) is 4.31 Å². The number of piperazine rings is 1. The quantitative estimate of drug-likeness (QED) is 0.734. The average Bonchev–Trinajstić information content (AvgIpc) is 2.40. The second kappa shape index (κ2) is 5.05.